The average molecular weight is 253 g/mol. The quantitative estimate of drug-likeness (QED) is 0.910. The normalized spacial score (nSPS) is 10.7. The Labute approximate surface area is 104 Å². The number of aryl methyl sites for hydroxylation is 1. The zero-order valence-electron chi connectivity index (χ0n) is 9.43. The topological polar surface area (TPSA) is 42.2 Å². The third-order valence-electron chi connectivity index (χ3n) is 2.42. The molecule has 2 heterocycles. The van der Waals surface area contributed by atoms with E-state index in [1.165, 1.54) is 10.4 Å². The first-order chi connectivity index (χ1) is 7.70. The van der Waals surface area contributed by atoms with E-state index < -0.39 is 0 Å². The summed E-state index contributed by atoms with van der Waals surface area (Å²) in [5, 5.41) is 3.17. The van der Waals surface area contributed by atoms with E-state index in [9.17, 15) is 0 Å². The third-order valence-corrected chi connectivity index (χ3v) is 4.56. The van der Waals surface area contributed by atoms with Gasteiger partial charge in [0.1, 0.15) is 0 Å². The Morgan fingerprint density at radius 3 is 2.88 bits per heavy atom. The highest BCUT2D eigenvalue weighted by molar-refractivity contribution is 7.15. The highest BCUT2D eigenvalue weighted by atomic mass is 32.1. The van der Waals surface area contributed by atoms with Crippen molar-refractivity contribution in [3.8, 4) is 0 Å². The monoisotopic (exact) mass is 253 g/mol. The molecule has 0 saturated carbocycles. The fourth-order valence-corrected chi connectivity index (χ4v) is 3.12. The fraction of sp³-hybridized carbons (Fsp3) is 0.364. The largest absolute Gasteiger partial charge is 0.346 e. The van der Waals surface area contributed by atoms with Gasteiger partial charge in [-0.2, -0.15) is 0 Å². The van der Waals surface area contributed by atoms with Gasteiger partial charge >= 0.3 is 0 Å². The van der Waals surface area contributed by atoms with Crippen LogP contribution in [0.25, 0.3) is 0 Å². The predicted molar refractivity (Wildman–Crippen MR) is 71.2 cm³/mol. The summed E-state index contributed by atoms with van der Waals surface area (Å²) in [7, 11) is 2.07. The van der Waals surface area contributed by atoms with Gasteiger partial charge in [-0.1, -0.05) is 0 Å². The van der Waals surface area contributed by atoms with Crippen LogP contribution in [-0.2, 0) is 13.1 Å². The molecule has 2 N–H and O–H groups in total. The fourth-order valence-electron chi connectivity index (χ4n) is 1.42. The Morgan fingerprint density at radius 1 is 1.50 bits per heavy atom. The Balaban J connectivity index is 2.08. The molecule has 3 nitrogen and oxygen atoms in total. The van der Waals surface area contributed by atoms with Crippen LogP contribution >= 0.6 is 22.7 Å². The van der Waals surface area contributed by atoms with E-state index in [4.69, 9.17) is 5.73 Å². The number of rotatable bonds is 4. The molecule has 2 aromatic heterocycles. The Hall–Kier alpha value is -0.910. The molecular formula is C11H15N3S2. The maximum atomic E-state index is 5.58. The molecule has 0 saturated heterocycles. The van der Waals surface area contributed by atoms with Gasteiger partial charge in [-0.25, -0.2) is 4.98 Å². The zero-order valence-corrected chi connectivity index (χ0v) is 11.1. The van der Waals surface area contributed by atoms with Crippen LogP contribution < -0.4 is 10.6 Å². The van der Waals surface area contributed by atoms with Crippen molar-refractivity contribution in [3.63, 3.8) is 0 Å². The van der Waals surface area contributed by atoms with E-state index in [0.29, 0.717) is 6.54 Å². The third kappa shape index (κ3) is 2.42. The molecule has 0 spiro atoms. The van der Waals surface area contributed by atoms with Gasteiger partial charge in [0.15, 0.2) is 5.13 Å². The molecule has 0 aliphatic carbocycles. The summed E-state index contributed by atoms with van der Waals surface area (Å²) in [6.07, 6.45) is 1.86. The Kier molecular flexibility index (Phi) is 3.58. The van der Waals surface area contributed by atoms with Crippen LogP contribution in [0.4, 0.5) is 5.13 Å². The van der Waals surface area contributed by atoms with E-state index in [0.717, 1.165) is 16.6 Å². The molecule has 0 unspecified atom stereocenters. The van der Waals surface area contributed by atoms with E-state index in [1.54, 1.807) is 22.7 Å². The minimum atomic E-state index is 0.573. The first-order valence-electron chi connectivity index (χ1n) is 5.09. The van der Waals surface area contributed by atoms with Gasteiger partial charge in [0.05, 0.1) is 6.54 Å². The summed E-state index contributed by atoms with van der Waals surface area (Å²) in [6, 6.07) is 2.15. The summed E-state index contributed by atoms with van der Waals surface area (Å²) < 4.78 is 0. The standard InChI is InChI=1S/C11H15N3S2/c1-8-3-4-15-10(8)7-14(2)11-13-6-9(5-12)16-11/h3-4,6H,5,7,12H2,1-2H3. The van der Waals surface area contributed by atoms with Crippen LogP contribution in [-0.4, -0.2) is 12.0 Å². The van der Waals surface area contributed by atoms with E-state index in [-0.39, 0.29) is 0 Å². The number of hydrogen-bond acceptors (Lipinski definition) is 5. The van der Waals surface area contributed by atoms with Crippen molar-refractivity contribution in [2.24, 2.45) is 5.73 Å². The van der Waals surface area contributed by atoms with Gasteiger partial charge in [0, 0.05) is 29.5 Å². The molecule has 0 amide bonds. The van der Waals surface area contributed by atoms with Gasteiger partial charge in [-0.15, -0.1) is 22.7 Å². The van der Waals surface area contributed by atoms with Crippen LogP contribution in [0.1, 0.15) is 15.3 Å². The van der Waals surface area contributed by atoms with Crippen molar-refractivity contribution >= 4 is 27.8 Å². The molecule has 86 valence electrons. The van der Waals surface area contributed by atoms with E-state index >= 15 is 0 Å². The minimum absolute atomic E-state index is 0.573. The molecule has 0 aliphatic heterocycles. The van der Waals surface area contributed by atoms with Crippen molar-refractivity contribution in [3.05, 3.63) is 33.0 Å². The molecule has 0 fully saturated rings. The molecule has 2 rings (SSSR count). The summed E-state index contributed by atoms with van der Waals surface area (Å²) in [5.74, 6) is 0. The predicted octanol–water partition coefficient (Wildman–Crippen LogP) is 2.61. The molecule has 2 aromatic rings. The number of anilines is 1. The number of thiophene rings is 1. The summed E-state index contributed by atoms with van der Waals surface area (Å²) in [6.45, 7) is 3.64. The average Bonchev–Trinajstić information content (AvgIpc) is 2.88. The van der Waals surface area contributed by atoms with Crippen molar-refractivity contribution < 1.29 is 0 Å². The zero-order chi connectivity index (χ0) is 11.5. The number of thiazole rings is 1. The molecule has 0 bridgehead atoms. The number of hydrogen-bond donors (Lipinski definition) is 1. The lowest BCUT2D eigenvalue weighted by molar-refractivity contribution is 0.924. The number of aromatic nitrogens is 1. The van der Waals surface area contributed by atoms with Gasteiger partial charge in [-0.05, 0) is 23.9 Å². The maximum absolute atomic E-state index is 5.58. The lowest BCUT2D eigenvalue weighted by Crippen LogP contribution is -2.15. The Morgan fingerprint density at radius 2 is 2.31 bits per heavy atom. The van der Waals surface area contributed by atoms with Crippen LogP contribution in [0, 0.1) is 6.92 Å². The van der Waals surface area contributed by atoms with Crippen LogP contribution in [0.15, 0.2) is 17.6 Å². The second-order valence-electron chi connectivity index (χ2n) is 3.70. The van der Waals surface area contributed by atoms with Gasteiger partial charge in [0.25, 0.3) is 0 Å². The van der Waals surface area contributed by atoms with Crippen molar-refractivity contribution in [2.45, 2.75) is 20.0 Å². The van der Waals surface area contributed by atoms with Crippen molar-refractivity contribution in [1.29, 1.82) is 0 Å². The molecule has 5 heteroatoms. The van der Waals surface area contributed by atoms with Crippen molar-refractivity contribution in [1.82, 2.24) is 4.98 Å². The lowest BCUT2D eigenvalue weighted by atomic mass is 10.3. The molecule has 0 radical (unpaired) electrons. The summed E-state index contributed by atoms with van der Waals surface area (Å²) in [5.41, 5.74) is 6.93. The second-order valence-corrected chi connectivity index (χ2v) is 5.79. The Bertz CT molecular complexity index is 461. The first-order valence-corrected chi connectivity index (χ1v) is 6.79. The number of nitrogens with zero attached hydrogens (tertiary/aromatic N) is 2. The highest BCUT2D eigenvalue weighted by Crippen LogP contribution is 2.24. The maximum Gasteiger partial charge on any atom is 0.185 e. The molecule has 0 atom stereocenters. The van der Waals surface area contributed by atoms with E-state index in [1.807, 2.05) is 6.20 Å². The SMILES string of the molecule is Cc1ccsc1CN(C)c1ncc(CN)s1. The minimum Gasteiger partial charge on any atom is -0.346 e. The van der Waals surface area contributed by atoms with Crippen molar-refractivity contribution in [2.75, 3.05) is 11.9 Å². The van der Waals surface area contributed by atoms with E-state index in [2.05, 4.69) is 35.3 Å². The van der Waals surface area contributed by atoms with Gasteiger partial charge in [0.2, 0.25) is 0 Å². The van der Waals surface area contributed by atoms with Crippen LogP contribution in [0.2, 0.25) is 0 Å². The first kappa shape index (κ1) is 11.6. The lowest BCUT2D eigenvalue weighted by Gasteiger charge is -2.14. The van der Waals surface area contributed by atoms with Gasteiger partial charge < -0.3 is 10.6 Å². The smallest absolute Gasteiger partial charge is 0.185 e. The summed E-state index contributed by atoms with van der Waals surface area (Å²) >= 11 is 3.46. The van der Waals surface area contributed by atoms with Crippen LogP contribution in [0.3, 0.4) is 0 Å². The highest BCUT2D eigenvalue weighted by Gasteiger charge is 2.09. The molecular weight excluding hydrogens is 238 g/mol. The van der Waals surface area contributed by atoms with Crippen LogP contribution in [0.5, 0.6) is 0 Å². The second kappa shape index (κ2) is 4.95. The molecule has 0 aromatic carbocycles. The number of nitrogens with two attached hydrogens (primary N) is 1. The molecule has 16 heavy (non-hydrogen) atoms. The summed E-state index contributed by atoms with van der Waals surface area (Å²) in [4.78, 5) is 9.06. The molecule has 0 aliphatic rings. The van der Waals surface area contributed by atoms with Gasteiger partial charge in [-0.3, -0.25) is 0 Å².